The van der Waals surface area contributed by atoms with Crippen LogP contribution in [0.25, 0.3) is 0 Å². The van der Waals surface area contributed by atoms with E-state index in [-0.39, 0.29) is 18.5 Å². The van der Waals surface area contributed by atoms with Crippen LogP contribution in [-0.2, 0) is 20.8 Å². The molecule has 1 heterocycles. The average molecular weight is 321 g/mol. The number of hydrogen-bond acceptors (Lipinski definition) is 4. The molecule has 1 aromatic rings. The molecule has 0 bridgehead atoms. The van der Waals surface area contributed by atoms with Crippen LogP contribution in [0, 0.1) is 0 Å². The second-order valence-electron chi connectivity index (χ2n) is 5.74. The summed E-state index contributed by atoms with van der Waals surface area (Å²) in [6.45, 7) is 6.36. The van der Waals surface area contributed by atoms with Gasteiger partial charge in [0.25, 0.3) is 0 Å². The summed E-state index contributed by atoms with van der Waals surface area (Å²) in [4.78, 5) is 13.8. The van der Waals surface area contributed by atoms with Gasteiger partial charge in [0, 0.05) is 13.2 Å². The summed E-state index contributed by atoms with van der Waals surface area (Å²) in [6.07, 6.45) is 2.19. The average Bonchev–Trinajstić information content (AvgIpc) is 3.06. The van der Waals surface area contributed by atoms with Crippen LogP contribution in [0.2, 0.25) is 0 Å². The molecule has 0 spiro atoms. The molecule has 5 nitrogen and oxygen atoms in total. The number of benzene rings is 1. The van der Waals surface area contributed by atoms with Crippen molar-refractivity contribution in [3.8, 4) is 0 Å². The van der Waals surface area contributed by atoms with Crippen molar-refractivity contribution in [3.63, 3.8) is 0 Å². The van der Waals surface area contributed by atoms with Crippen molar-refractivity contribution in [2.24, 2.45) is 0 Å². The number of nitrogens with zero attached hydrogens (tertiary/aromatic N) is 1. The zero-order chi connectivity index (χ0) is 16.5. The molecule has 1 aromatic carbocycles. The molecule has 0 saturated carbocycles. The summed E-state index contributed by atoms with van der Waals surface area (Å²) in [6, 6.07) is 9.70. The molecule has 0 N–H and O–H groups in total. The molecule has 128 valence electrons. The van der Waals surface area contributed by atoms with Crippen molar-refractivity contribution in [1.82, 2.24) is 4.90 Å². The number of hydrogen-bond donors (Lipinski definition) is 0. The van der Waals surface area contributed by atoms with E-state index in [1.54, 1.807) is 4.90 Å². The largest absolute Gasteiger partial charge is 0.445 e. The minimum atomic E-state index is -0.275. The van der Waals surface area contributed by atoms with Crippen molar-refractivity contribution >= 4 is 6.09 Å². The molecule has 0 aromatic heterocycles. The van der Waals surface area contributed by atoms with E-state index >= 15 is 0 Å². The highest BCUT2D eigenvalue weighted by molar-refractivity contribution is 5.68. The Morgan fingerprint density at radius 1 is 1.30 bits per heavy atom. The van der Waals surface area contributed by atoms with Gasteiger partial charge >= 0.3 is 6.09 Å². The first-order valence-electron chi connectivity index (χ1n) is 8.45. The Bertz CT molecular complexity index is 465. The number of likely N-dealkylation sites (tertiary alicyclic amines) is 1. The molecule has 1 aliphatic rings. The minimum absolute atomic E-state index is 0.0288. The predicted octanol–water partition coefficient (Wildman–Crippen LogP) is 3.58. The van der Waals surface area contributed by atoms with Crippen LogP contribution in [0.4, 0.5) is 4.79 Å². The smallest absolute Gasteiger partial charge is 0.410 e. The summed E-state index contributed by atoms with van der Waals surface area (Å²) in [5.41, 5.74) is 0.992. The first kappa shape index (κ1) is 17.8. The van der Waals surface area contributed by atoms with E-state index in [0.717, 1.165) is 24.8 Å². The second kappa shape index (κ2) is 9.53. The fraction of sp³-hybridized carbons (Fsp3) is 0.611. The Hall–Kier alpha value is -1.59. The quantitative estimate of drug-likeness (QED) is 0.687. The van der Waals surface area contributed by atoms with E-state index in [0.29, 0.717) is 26.3 Å². The Balaban J connectivity index is 1.72. The number of amides is 1. The lowest BCUT2D eigenvalue weighted by atomic mass is 10.2. The van der Waals surface area contributed by atoms with Gasteiger partial charge in [-0.3, -0.25) is 0 Å². The van der Waals surface area contributed by atoms with E-state index in [1.807, 2.05) is 37.3 Å². The summed E-state index contributed by atoms with van der Waals surface area (Å²) in [5.74, 6) is 0. The van der Waals surface area contributed by atoms with Gasteiger partial charge in [-0.15, -0.1) is 0 Å². The van der Waals surface area contributed by atoms with Crippen LogP contribution in [0.3, 0.4) is 0 Å². The van der Waals surface area contributed by atoms with Crippen molar-refractivity contribution in [3.05, 3.63) is 35.9 Å². The van der Waals surface area contributed by atoms with Gasteiger partial charge in [-0.25, -0.2) is 4.79 Å². The first-order valence-corrected chi connectivity index (χ1v) is 8.45. The number of rotatable bonds is 8. The lowest BCUT2D eigenvalue weighted by molar-refractivity contribution is -0.168. The van der Waals surface area contributed by atoms with Gasteiger partial charge in [-0.05, 0) is 24.8 Å². The molecule has 1 saturated heterocycles. The van der Waals surface area contributed by atoms with Gasteiger partial charge in [0.05, 0.1) is 12.6 Å². The maximum absolute atomic E-state index is 12.1. The van der Waals surface area contributed by atoms with E-state index in [2.05, 4.69) is 6.92 Å². The second-order valence-corrected chi connectivity index (χ2v) is 5.74. The molecular weight excluding hydrogens is 294 g/mol. The topological polar surface area (TPSA) is 48.0 Å². The Morgan fingerprint density at radius 2 is 2.09 bits per heavy atom. The molecule has 2 atom stereocenters. The van der Waals surface area contributed by atoms with Crippen LogP contribution < -0.4 is 0 Å². The van der Waals surface area contributed by atoms with Crippen LogP contribution >= 0.6 is 0 Å². The van der Waals surface area contributed by atoms with Crippen LogP contribution in [0.1, 0.15) is 38.7 Å². The summed E-state index contributed by atoms with van der Waals surface area (Å²) < 4.78 is 16.9. The lowest BCUT2D eigenvalue weighted by Crippen LogP contribution is -2.32. The minimum Gasteiger partial charge on any atom is -0.445 e. The molecule has 1 amide bonds. The monoisotopic (exact) mass is 321 g/mol. The van der Waals surface area contributed by atoms with E-state index < -0.39 is 0 Å². The van der Waals surface area contributed by atoms with Gasteiger partial charge in [0.15, 0.2) is 6.29 Å². The Labute approximate surface area is 138 Å². The van der Waals surface area contributed by atoms with Crippen LogP contribution in [0.15, 0.2) is 30.3 Å². The summed E-state index contributed by atoms with van der Waals surface area (Å²) in [7, 11) is 0. The van der Waals surface area contributed by atoms with E-state index in [1.165, 1.54) is 0 Å². The lowest BCUT2D eigenvalue weighted by Gasteiger charge is -2.21. The van der Waals surface area contributed by atoms with Crippen molar-refractivity contribution in [2.45, 2.75) is 52.1 Å². The molecule has 23 heavy (non-hydrogen) atoms. The van der Waals surface area contributed by atoms with E-state index in [4.69, 9.17) is 14.2 Å². The molecule has 2 unspecified atom stereocenters. The van der Waals surface area contributed by atoms with Crippen LogP contribution in [-0.4, -0.2) is 43.1 Å². The standard InChI is InChI=1S/C18H27NO4/c1-3-12-21-17(4-2)23-16-10-11-19(13-16)18(20)22-14-15-8-6-5-7-9-15/h5-9,16-17H,3-4,10-14H2,1-2H3. The Kier molecular flexibility index (Phi) is 7.36. The zero-order valence-corrected chi connectivity index (χ0v) is 14.1. The molecule has 1 fully saturated rings. The van der Waals surface area contributed by atoms with Crippen LogP contribution in [0.5, 0.6) is 0 Å². The number of carbonyl (C=O) groups is 1. The fourth-order valence-corrected chi connectivity index (χ4v) is 2.53. The number of ether oxygens (including phenoxy) is 3. The molecule has 0 aliphatic carbocycles. The van der Waals surface area contributed by atoms with Crippen molar-refractivity contribution < 1.29 is 19.0 Å². The SMILES string of the molecule is CCCOC(CC)OC1CCN(C(=O)OCc2ccccc2)C1. The third kappa shape index (κ3) is 5.84. The first-order chi connectivity index (χ1) is 11.2. The maximum atomic E-state index is 12.1. The third-order valence-corrected chi connectivity index (χ3v) is 3.79. The molecule has 0 radical (unpaired) electrons. The summed E-state index contributed by atoms with van der Waals surface area (Å²) in [5, 5.41) is 0. The molecule has 2 rings (SSSR count). The van der Waals surface area contributed by atoms with Gasteiger partial charge in [-0.2, -0.15) is 0 Å². The number of carbonyl (C=O) groups excluding carboxylic acids is 1. The predicted molar refractivity (Wildman–Crippen MR) is 88.0 cm³/mol. The zero-order valence-electron chi connectivity index (χ0n) is 14.1. The highest BCUT2D eigenvalue weighted by atomic mass is 16.7. The van der Waals surface area contributed by atoms with Gasteiger partial charge in [0.1, 0.15) is 6.61 Å². The van der Waals surface area contributed by atoms with Gasteiger partial charge < -0.3 is 19.1 Å². The molecule has 1 aliphatic heterocycles. The Morgan fingerprint density at radius 3 is 2.78 bits per heavy atom. The third-order valence-electron chi connectivity index (χ3n) is 3.79. The van der Waals surface area contributed by atoms with Crippen molar-refractivity contribution in [1.29, 1.82) is 0 Å². The highest BCUT2D eigenvalue weighted by Gasteiger charge is 2.29. The summed E-state index contributed by atoms with van der Waals surface area (Å²) >= 11 is 0. The highest BCUT2D eigenvalue weighted by Crippen LogP contribution is 2.17. The van der Waals surface area contributed by atoms with Gasteiger partial charge in [-0.1, -0.05) is 44.2 Å². The van der Waals surface area contributed by atoms with E-state index in [9.17, 15) is 4.79 Å². The molecule has 5 heteroatoms. The van der Waals surface area contributed by atoms with Crippen molar-refractivity contribution in [2.75, 3.05) is 19.7 Å². The van der Waals surface area contributed by atoms with Gasteiger partial charge in [0.2, 0.25) is 0 Å². The maximum Gasteiger partial charge on any atom is 0.410 e. The normalized spacial score (nSPS) is 18.9. The molecular formula is C18H27NO4. The fourth-order valence-electron chi connectivity index (χ4n) is 2.53.